The van der Waals surface area contributed by atoms with Crippen molar-refractivity contribution in [1.82, 2.24) is 0 Å². The van der Waals surface area contributed by atoms with Gasteiger partial charge in [-0.2, -0.15) is 0 Å². The third-order valence-electron chi connectivity index (χ3n) is 5.31. The van der Waals surface area contributed by atoms with Gasteiger partial charge in [0.25, 0.3) is 0 Å². The first-order valence-corrected chi connectivity index (χ1v) is 10.0. The fraction of sp³-hybridized carbons (Fsp3) is 0.250. The van der Waals surface area contributed by atoms with Gasteiger partial charge in [0.05, 0.1) is 5.71 Å². The zero-order chi connectivity index (χ0) is 22.0. The second-order valence-corrected chi connectivity index (χ2v) is 7.30. The second-order valence-electron chi connectivity index (χ2n) is 7.30. The van der Waals surface area contributed by atoms with Gasteiger partial charge in [-0.1, -0.05) is 98.2 Å². The van der Waals surface area contributed by atoms with Crippen LogP contribution < -0.4 is 0 Å². The Bertz CT molecular complexity index is 841. The van der Waals surface area contributed by atoms with Crippen LogP contribution in [0.2, 0.25) is 0 Å². The molecule has 1 heteroatoms. The van der Waals surface area contributed by atoms with Crippen molar-refractivity contribution in [1.29, 1.82) is 5.41 Å². The van der Waals surface area contributed by atoms with Gasteiger partial charge < -0.3 is 0 Å². The maximum Gasteiger partial charge on any atom is 0.0653 e. The van der Waals surface area contributed by atoms with Crippen molar-refractivity contribution in [3.8, 4) is 0 Å². The lowest BCUT2D eigenvalue weighted by molar-refractivity contribution is 0.469. The SMILES string of the molecule is C=C/C=C(/C(=N)C(/C=C\C(=C)C)=C(C=C)C=C)C(CC=C)C1(C=CC)C/C1=C\C. The van der Waals surface area contributed by atoms with Gasteiger partial charge in [0.1, 0.15) is 0 Å². The maximum absolute atomic E-state index is 9.13. The molecule has 1 fully saturated rings. The number of nitrogens with one attached hydrogen (secondary N) is 1. The monoisotopic (exact) mass is 385 g/mol. The Labute approximate surface area is 177 Å². The lowest BCUT2D eigenvalue weighted by atomic mass is 9.75. The molecule has 0 saturated heterocycles. The summed E-state index contributed by atoms with van der Waals surface area (Å²) in [5, 5.41) is 9.13. The molecular formula is C28H35N. The molecule has 0 amide bonds. The van der Waals surface area contributed by atoms with E-state index >= 15 is 0 Å². The Morgan fingerprint density at radius 3 is 2.21 bits per heavy atom. The molecule has 0 aromatic heterocycles. The molecule has 29 heavy (non-hydrogen) atoms. The molecule has 1 N–H and O–H groups in total. The molecule has 2 unspecified atom stereocenters. The van der Waals surface area contributed by atoms with Crippen LogP contribution in [-0.2, 0) is 0 Å². The Hall–Kier alpha value is -2.93. The summed E-state index contributed by atoms with van der Waals surface area (Å²) in [6, 6.07) is 0. The van der Waals surface area contributed by atoms with Crippen molar-refractivity contribution in [2.75, 3.05) is 0 Å². The lowest BCUT2D eigenvalue weighted by Crippen LogP contribution is -2.23. The third kappa shape index (κ3) is 5.54. The molecule has 0 spiro atoms. The van der Waals surface area contributed by atoms with Gasteiger partial charge in [-0.3, -0.25) is 5.41 Å². The van der Waals surface area contributed by atoms with Gasteiger partial charge in [-0.05, 0) is 44.8 Å². The molecule has 0 aromatic carbocycles. The van der Waals surface area contributed by atoms with E-state index in [1.807, 2.05) is 31.2 Å². The molecule has 0 radical (unpaired) electrons. The van der Waals surface area contributed by atoms with Gasteiger partial charge in [0, 0.05) is 16.9 Å². The van der Waals surface area contributed by atoms with Crippen LogP contribution in [0.25, 0.3) is 0 Å². The zero-order valence-corrected chi connectivity index (χ0v) is 18.3. The quantitative estimate of drug-likeness (QED) is 0.200. The first-order valence-electron chi connectivity index (χ1n) is 10.0. The van der Waals surface area contributed by atoms with Crippen molar-refractivity contribution in [2.45, 2.75) is 33.6 Å². The van der Waals surface area contributed by atoms with Gasteiger partial charge in [0.15, 0.2) is 0 Å². The predicted octanol–water partition coefficient (Wildman–Crippen LogP) is 8.02. The zero-order valence-electron chi connectivity index (χ0n) is 18.3. The van der Waals surface area contributed by atoms with Crippen LogP contribution in [0.15, 0.2) is 122 Å². The number of rotatable bonds is 12. The van der Waals surface area contributed by atoms with E-state index in [1.165, 1.54) is 5.57 Å². The van der Waals surface area contributed by atoms with E-state index in [1.54, 1.807) is 18.2 Å². The molecule has 2 atom stereocenters. The molecule has 1 nitrogen and oxygen atoms in total. The highest BCUT2D eigenvalue weighted by Crippen LogP contribution is 2.61. The standard InChI is InChI=1S/C28H35N/c1-9-15-25(26(16-10-2)28(19-11-3)20-23(28)14-6)27(29)24(18-17-21(7)8)22(12-4)13-5/h9-15,17-19,26,29H,1-2,4-5,7,16,20H2,3,6,8H3/b18-17-,19-11?,23-14+,25-15+,29-27?. The van der Waals surface area contributed by atoms with Gasteiger partial charge in [0.2, 0.25) is 0 Å². The number of allylic oxidation sites excluding steroid dienone is 15. The van der Waals surface area contributed by atoms with E-state index in [-0.39, 0.29) is 11.3 Å². The Morgan fingerprint density at radius 1 is 1.14 bits per heavy atom. The summed E-state index contributed by atoms with van der Waals surface area (Å²) < 4.78 is 0. The van der Waals surface area contributed by atoms with Crippen LogP contribution in [0, 0.1) is 16.7 Å². The van der Waals surface area contributed by atoms with Crippen LogP contribution in [0.3, 0.4) is 0 Å². The van der Waals surface area contributed by atoms with E-state index in [0.29, 0.717) is 5.71 Å². The van der Waals surface area contributed by atoms with Crippen LogP contribution in [0.5, 0.6) is 0 Å². The summed E-state index contributed by atoms with van der Waals surface area (Å²) >= 11 is 0. The highest BCUT2D eigenvalue weighted by molar-refractivity contribution is 6.14. The summed E-state index contributed by atoms with van der Waals surface area (Å²) in [6.45, 7) is 25.7. The molecule has 152 valence electrons. The summed E-state index contributed by atoms with van der Waals surface area (Å²) in [5.41, 5.74) is 5.25. The molecular weight excluding hydrogens is 350 g/mol. The van der Waals surface area contributed by atoms with Crippen molar-refractivity contribution >= 4 is 5.71 Å². The lowest BCUT2D eigenvalue weighted by Gasteiger charge is -2.28. The topological polar surface area (TPSA) is 23.9 Å². The highest BCUT2D eigenvalue weighted by Gasteiger charge is 2.52. The normalized spacial score (nSPS) is 21.1. The molecule has 1 rings (SSSR count). The predicted molar refractivity (Wildman–Crippen MR) is 131 cm³/mol. The van der Waals surface area contributed by atoms with Crippen LogP contribution in [0.1, 0.15) is 33.6 Å². The molecule has 1 aliphatic carbocycles. The average molecular weight is 386 g/mol. The summed E-state index contributed by atoms with van der Waals surface area (Å²) in [5.74, 6) is 0.108. The summed E-state index contributed by atoms with van der Waals surface area (Å²) in [6.07, 6.45) is 21.4. The van der Waals surface area contributed by atoms with Gasteiger partial charge in [-0.15, -0.1) is 6.58 Å². The minimum absolute atomic E-state index is 0.0649. The number of hydrogen-bond acceptors (Lipinski definition) is 1. The van der Waals surface area contributed by atoms with E-state index in [9.17, 15) is 0 Å². The highest BCUT2D eigenvalue weighted by atomic mass is 14.6. The first kappa shape index (κ1) is 24.1. The molecule has 0 heterocycles. The van der Waals surface area contributed by atoms with E-state index in [4.69, 9.17) is 5.41 Å². The molecule has 1 saturated carbocycles. The van der Waals surface area contributed by atoms with Crippen LogP contribution in [-0.4, -0.2) is 5.71 Å². The van der Waals surface area contributed by atoms with E-state index < -0.39 is 0 Å². The van der Waals surface area contributed by atoms with Gasteiger partial charge >= 0.3 is 0 Å². The number of hydrogen-bond donors (Lipinski definition) is 1. The molecule has 0 aromatic rings. The van der Waals surface area contributed by atoms with Crippen molar-refractivity contribution in [3.63, 3.8) is 0 Å². The van der Waals surface area contributed by atoms with Crippen molar-refractivity contribution < 1.29 is 0 Å². The minimum atomic E-state index is -0.0649. The fourth-order valence-corrected chi connectivity index (χ4v) is 3.86. The molecule has 0 aliphatic heterocycles. The van der Waals surface area contributed by atoms with E-state index in [0.717, 1.165) is 35.1 Å². The summed E-state index contributed by atoms with van der Waals surface area (Å²) in [4.78, 5) is 0. The third-order valence-corrected chi connectivity index (χ3v) is 5.31. The Kier molecular flexibility index (Phi) is 9.28. The summed E-state index contributed by atoms with van der Waals surface area (Å²) in [7, 11) is 0. The molecule has 1 aliphatic rings. The Balaban J connectivity index is 3.67. The second kappa shape index (κ2) is 11.2. The van der Waals surface area contributed by atoms with Crippen LogP contribution in [0.4, 0.5) is 0 Å². The fourth-order valence-electron chi connectivity index (χ4n) is 3.86. The van der Waals surface area contributed by atoms with E-state index in [2.05, 4.69) is 65.0 Å². The van der Waals surface area contributed by atoms with Crippen LogP contribution >= 0.6 is 0 Å². The average Bonchev–Trinajstić information content (AvgIpc) is 3.41. The van der Waals surface area contributed by atoms with Crippen molar-refractivity contribution in [3.05, 3.63) is 122 Å². The minimum Gasteiger partial charge on any atom is -0.300 e. The Morgan fingerprint density at radius 2 is 1.79 bits per heavy atom. The smallest absolute Gasteiger partial charge is 0.0653 e. The first-order chi connectivity index (χ1) is 13.9. The van der Waals surface area contributed by atoms with Crippen molar-refractivity contribution in [2.24, 2.45) is 11.3 Å². The van der Waals surface area contributed by atoms with Gasteiger partial charge in [-0.25, -0.2) is 0 Å². The molecule has 0 bridgehead atoms. The maximum atomic E-state index is 9.13. The largest absolute Gasteiger partial charge is 0.300 e.